The molecule has 0 aromatic carbocycles. The molecule has 2 N–H and O–H groups in total. The second-order valence-electron chi connectivity index (χ2n) is 14.6. The number of amides is 1. The summed E-state index contributed by atoms with van der Waals surface area (Å²) in [4.78, 5) is 25.0. The van der Waals surface area contributed by atoms with E-state index in [0.717, 1.165) is 64.2 Å². The predicted octanol–water partition coefficient (Wildman–Crippen LogP) is 10.1. The van der Waals surface area contributed by atoms with E-state index < -0.39 is 20.0 Å². The number of carbonyl (C=O) groups excluding carboxylic acids is 1. The van der Waals surface area contributed by atoms with E-state index in [2.05, 4.69) is 67.8 Å². The molecule has 0 rings (SSSR count). The molecule has 8 nitrogen and oxygen atoms in total. The monoisotopic (exact) mass is 737 g/mol. The summed E-state index contributed by atoms with van der Waals surface area (Å²) in [5, 5.41) is 13.5. The van der Waals surface area contributed by atoms with Crippen molar-refractivity contribution in [3.05, 3.63) is 60.8 Å². The van der Waals surface area contributed by atoms with Gasteiger partial charge >= 0.3 is 0 Å². The van der Waals surface area contributed by atoms with Crippen LogP contribution in [0.5, 0.6) is 0 Å². The highest BCUT2D eigenvalue weighted by molar-refractivity contribution is 7.45. The van der Waals surface area contributed by atoms with Crippen LogP contribution in [0.3, 0.4) is 0 Å². The fraction of sp³-hybridized carbons (Fsp3) is 0.738. The first-order valence-corrected chi connectivity index (χ1v) is 21.6. The number of rotatable bonds is 35. The van der Waals surface area contributed by atoms with Gasteiger partial charge in [-0.2, -0.15) is 0 Å². The van der Waals surface area contributed by atoms with Gasteiger partial charge in [-0.25, -0.2) is 0 Å². The van der Waals surface area contributed by atoms with Crippen LogP contribution in [0.25, 0.3) is 0 Å². The molecule has 0 radical (unpaired) electrons. The van der Waals surface area contributed by atoms with E-state index in [-0.39, 0.29) is 19.1 Å². The number of quaternary nitrogens is 1. The summed E-state index contributed by atoms with van der Waals surface area (Å²) in [6.07, 6.45) is 43.3. The Labute approximate surface area is 313 Å². The van der Waals surface area contributed by atoms with Crippen molar-refractivity contribution in [2.24, 2.45) is 0 Å². The van der Waals surface area contributed by atoms with Gasteiger partial charge in [0.25, 0.3) is 7.82 Å². The highest BCUT2D eigenvalue weighted by Gasteiger charge is 2.23. The van der Waals surface area contributed by atoms with Crippen molar-refractivity contribution >= 4 is 13.7 Å². The molecule has 3 atom stereocenters. The van der Waals surface area contributed by atoms with Crippen LogP contribution in [-0.4, -0.2) is 68.5 Å². The lowest BCUT2D eigenvalue weighted by atomic mass is 10.0. The number of hydrogen-bond donors (Lipinski definition) is 2. The van der Waals surface area contributed by atoms with Gasteiger partial charge in [0.2, 0.25) is 5.91 Å². The lowest BCUT2D eigenvalue weighted by molar-refractivity contribution is -0.870. The molecule has 0 bridgehead atoms. The van der Waals surface area contributed by atoms with Crippen LogP contribution in [0, 0.1) is 0 Å². The van der Waals surface area contributed by atoms with E-state index in [9.17, 15) is 19.4 Å². The van der Waals surface area contributed by atoms with Crippen LogP contribution >= 0.6 is 7.82 Å². The Morgan fingerprint density at radius 1 is 0.706 bits per heavy atom. The number of aliphatic hydroxyl groups excluding tert-OH is 1. The molecule has 0 aliphatic carbocycles. The number of unbranched alkanes of at least 4 members (excludes halogenated alkanes) is 14. The van der Waals surface area contributed by atoms with Crippen LogP contribution < -0.4 is 10.2 Å². The number of phosphoric ester groups is 1. The number of hydrogen-bond acceptors (Lipinski definition) is 6. The predicted molar refractivity (Wildman–Crippen MR) is 214 cm³/mol. The molecule has 0 aliphatic rings. The third-order valence-corrected chi connectivity index (χ3v) is 9.45. The number of phosphoric acid groups is 1. The minimum absolute atomic E-state index is 0.00497. The molecule has 9 heteroatoms. The first-order chi connectivity index (χ1) is 24.5. The Kier molecular flexibility index (Phi) is 32.8. The van der Waals surface area contributed by atoms with Gasteiger partial charge in [0, 0.05) is 6.42 Å². The van der Waals surface area contributed by atoms with Gasteiger partial charge in [-0.3, -0.25) is 9.36 Å². The largest absolute Gasteiger partial charge is 0.756 e. The summed E-state index contributed by atoms with van der Waals surface area (Å²) in [7, 11) is 1.24. The number of carbonyl (C=O) groups is 1. The van der Waals surface area contributed by atoms with E-state index in [0.29, 0.717) is 17.4 Å². The zero-order chi connectivity index (χ0) is 37.9. The van der Waals surface area contributed by atoms with E-state index in [1.807, 2.05) is 27.2 Å². The average molecular weight is 737 g/mol. The third-order valence-electron chi connectivity index (χ3n) is 8.48. The number of allylic oxidation sites excluding steroid dienone is 9. The quantitative estimate of drug-likeness (QED) is 0.0290. The second-order valence-corrected chi connectivity index (χ2v) is 16.0. The van der Waals surface area contributed by atoms with E-state index in [1.165, 1.54) is 64.2 Å². The molecule has 0 saturated carbocycles. The summed E-state index contributed by atoms with van der Waals surface area (Å²) in [5.41, 5.74) is 0. The Morgan fingerprint density at radius 3 is 1.73 bits per heavy atom. The van der Waals surface area contributed by atoms with Crippen molar-refractivity contribution in [2.45, 2.75) is 161 Å². The third kappa shape index (κ3) is 36.4. The van der Waals surface area contributed by atoms with Gasteiger partial charge in [-0.05, 0) is 51.4 Å². The molecular formula is C42H77N2O6P. The SMILES string of the molecule is CC/C=C\C/C=C\C/C=C\C/C=C\CCCCCCCCCCCCCCC(=O)NC(COP(=O)([O-])OCC[N+](C)(C)C)C(O)/C=C/CCCC. The lowest BCUT2D eigenvalue weighted by Gasteiger charge is -2.29. The first kappa shape index (κ1) is 49.2. The fourth-order valence-electron chi connectivity index (χ4n) is 5.24. The minimum atomic E-state index is -4.57. The normalized spacial score (nSPS) is 15.2. The Hall–Kier alpha value is -1.80. The van der Waals surface area contributed by atoms with Gasteiger partial charge < -0.3 is 28.8 Å². The zero-order valence-electron chi connectivity index (χ0n) is 33.3. The van der Waals surface area contributed by atoms with Gasteiger partial charge in [-0.15, -0.1) is 0 Å². The number of likely N-dealkylation sites (N-methyl/N-ethyl adjacent to an activating group) is 1. The maximum Gasteiger partial charge on any atom is 0.268 e. The van der Waals surface area contributed by atoms with Crippen molar-refractivity contribution in [2.75, 3.05) is 40.9 Å². The summed E-state index contributed by atoms with van der Waals surface area (Å²) in [6.45, 7) is 4.35. The van der Waals surface area contributed by atoms with Crippen LogP contribution in [0.2, 0.25) is 0 Å². The summed E-state index contributed by atoms with van der Waals surface area (Å²) < 4.78 is 22.9. The summed E-state index contributed by atoms with van der Waals surface area (Å²) >= 11 is 0. The molecule has 0 fully saturated rings. The molecule has 1 amide bonds. The van der Waals surface area contributed by atoms with Gasteiger partial charge in [0.05, 0.1) is 39.9 Å². The van der Waals surface area contributed by atoms with Crippen molar-refractivity contribution in [3.63, 3.8) is 0 Å². The van der Waals surface area contributed by atoms with Gasteiger partial charge in [0.1, 0.15) is 13.2 Å². The smallest absolute Gasteiger partial charge is 0.268 e. The van der Waals surface area contributed by atoms with E-state index >= 15 is 0 Å². The number of nitrogens with zero attached hydrogens (tertiary/aromatic N) is 1. The van der Waals surface area contributed by atoms with Crippen molar-refractivity contribution in [3.8, 4) is 0 Å². The lowest BCUT2D eigenvalue weighted by Crippen LogP contribution is -2.45. The highest BCUT2D eigenvalue weighted by atomic mass is 31.2. The highest BCUT2D eigenvalue weighted by Crippen LogP contribution is 2.38. The number of nitrogens with one attached hydrogen (secondary N) is 1. The maximum atomic E-state index is 12.7. The van der Waals surface area contributed by atoms with Crippen LogP contribution in [-0.2, 0) is 18.4 Å². The molecule has 0 saturated heterocycles. The molecule has 296 valence electrons. The molecule has 0 aromatic heterocycles. The summed E-state index contributed by atoms with van der Waals surface area (Å²) in [6, 6.07) is -0.884. The Bertz CT molecular complexity index is 1020. The Balaban J connectivity index is 4.01. The molecule has 0 aromatic rings. The second kappa shape index (κ2) is 34.0. The molecule has 0 spiro atoms. The van der Waals surface area contributed by atoms with E-state index in [4.69, 9.17) is 9.05 Å². The van der Waals surface area contributed by atoms with Crippen LogP contribution in [0.15, 0.2) is 60.8 Å². The van der Waals surface area contributed by atoms with Crippen molar-refractivity contribution in [1.82, 2.24) is 5.32 Å². The molecule has 51 heavy (non-hydrogen) atoms. The van der Waals surface area contributed by atoms with Gasteiger partial charge in [0.15, 0.2) is 0 Å². The molecule has 0 aliphatic heterocycles. The first-order valence-electron chi connectivity index (χ1n) is 20.2. The zero-order valence-corrected chi connectivity index (χ0v) is 34.2. The minimum Gasteiger partial charge on any atom is -0.756 e. The molecule has 0 heterocycles. The van der Waals surface area contributed by atoms with Crippen molar-refractivity contribution < 1.29 is 32.9 Å². The average Bonchev–Trinajstić information content (AvgIpc) is 3.07. The topological polar surface area (TPSA) is 108 Å². The fourth-order valence-corrected chi connectivity index (χ4v) is 5.97. The molecule has 3 unspecified atom stereocenters. The van der Waals surface area contributed by atoms with Crippen LogP contribution in [0.4, 0.5) is 0 Å². The summed E-state index contributed by atoms with van der Waals surface area (Å²) in [5.74, 6) is -0.213. The Morgan fingerprint density at radius 2 is 1.20 bits per heavy atom. The van der Waals surface area contributed by atoms with Crippen molar-refractivity contribution in [1.29, 1.82) is 0 Å². The van der Waals surface area contributed by atoms with Gasteiger partial charge in [-0.1, -0.05) is 152 Å². The molecular weight excluding hydrogens is 659 g/mol. The standard InChI is InChI=1S/C42H77N2O6P/c1-6-8-10-12-13-14-15-16-17-18-19-20-21-22-23-24-25-26-27-28-29-30-31-32-34-36-42(46)43-40(41(45)35-33-11-9-7-2)39-50-51(47,48)49-38-37-44(3,4)5/h8,10,13-14,16-17,19-20,33,35,40-41,45H,6-7,9,11-12,15,18,21-32,34,36-39H2,1-5H3,(H-,43,46,47,48)/b10-8-,14-13-,17-16-,20-19-,35-33+. The maximum absolute atomic E-state index is 12.7. The van der Waals surface area contributed by atoms with E-state index in [1.54, 1.807) is 6.08 Å². The van der Waals surface area contributed by atoms with Crippen LogP contribution in [0.1, 0.15) is 149 Å². The number of aliphatic hydroxyl groups is 1.